The first-order valence-electron chi connectivity index (χ1n) is 6.28. The summed E-state index contributed by atoms with van der Waals surface area (Å²) in [6.45, 7) is 4.70. The van der Waals surface area contributed by atoms with E-state index in [1.165, 1.54) is 38.5 Å². The number of unbranched alkanes of at least 4 members (excludes halogenated alkanes) is 3. The molecule has 2 heteroatoms. The molecule has 2 atom stereocenters. The Kier molecular flexibility index (Phi) is 6.69. The largest absolute Gasteiger partial charge is 0.377 e. The van der Waals surface area contributed by atoms with Crippen LogP contribution in [0.15, 0.2) is 12.7 Å². The molecule has 0 radical (unpaired) electrons. The molecule has 0 aromatic rings. The van der Waals surface area contributed by atoms with E-state index in [-0.39, 0.29) is 0 Å². The van der Waals surface area contributed by atoms with Crippen molar-refractivity contribution in [2.45, 2.75) is 57.1 Å². The molecule has 1 fully saturated rings. The quantitative estimate of drug-likeness (QED) is 0.492. The summed E-state index contributed by atoms with van der Waals surface area (Å²) in [5.74, 6) is 0. The fourth-order valence-corrected chi connectivity index (χ4v) is 2.27. The van der Waals surface area contributed by atoms with E-state index < -0.39 is 0 Å². The summed E-state index contributed by atoms with van der Waals surface area (Å²) in [7, 11) is 2.05. The lowest BCUT2D eigenvalue weighted by atomic mass is 10.0. The molecule has 2 nitrogen and oxygen atoms in total. The molecule has 0 aliphatic carbocycles. The Hall–Kier alpha value is -0.340. The highest BCUT2D eigenvalue weighted by Crippen LogP contribution is 2.19. The average Bonchev–Trinajstić information content (AvgIpc) is 2.77. The lowest BCUT2D eigenvalue weighted by Gasteiger charge is -2.22. The smallest absolute Gasteiger partial charge is 0.0728 e. The van der Waals surface area contributed by atoms with Crippen molar-refractivity contribution in [2.24, 2.45) is 0 Å². The van der Waals surface area contributed by atoms with Gasteiger partial charge in [-0.3, -0.25) is 0 Å². The van der Waals surface area contributed by atoms with E-state index in [2.05, 4.69) is 18.9 Å². The molecule has 0 amide bonds. The molecule has 0 aromatic heterocycles. The summed E-state index contributed by atoms with van der Waals surface area (Å²) in [4.78, 5) is 0. The van der Waals surface area contributed by atoms with Crippen molar-refractivity contribution in [2.75, 3.05) is 13.7 Å². The molecule has 1 saturated heterocycles. The highest BCUT2D eigenvalue weighted by molar-refractivity contribution is 4.79. The predicted octanol–water partition coefficient (Wildman–Crippen LogP) is 2.89. The Morgan fingerprint density at radius 1 is 1.47 bits per heavy atom. The Balaban J connectivity index is 2.07. The molecule has 1 aliphatic rings. The van der Waals surface area contributed by atoms with Gasteiger partial charge in [0.2, 0.25) is 0 Å². The van der Waals surface area contributed by atoms with Crippen molar-refractivity contribution in [3.8, 4) is 0 Å². The van der Waals surface area contributed by atoms with Crippen molar-refractivity contribution < 1.29 is 4.74 Å². The van der Waals surface area contributed by atoms with Gasteiger partial charge in [-0.2, -0.15) is 0 Å². The van der Waals surface area contributed by atoms with Crippen LogP contribution in [0, 0.1) is 0 Å². The molecule has 0 saturated carbocycles. The lowest BCUT2D eigenvalue weighted by molar-refractivity contribution is 0.0772. The minimum absolute atomic E-state index is 0.467. The van der Waals surface area contributed by atoms with Crippen LogP contribution in [-0.4, -0.2) is 25.8 Å². The Morgan fingerprint density at radius 3 is 2.93 bits per heavy atom. The summed E-state index contributed by atoms with van der Waals surface area (Å²) < 4.78 is 5.71. The van der Waals surface area contributed by atoms with Crippen molar-refractivity contribution in [3.63, 3.8) is 0 Å². The number of hydrogen-bond acceptors (Lipinski definition) is 2. The van der Waals surface area contributed by atoms with E-state index in [1.54, 1.807) is 0 Å². The standard InChI is InChI=1S/C13H25NO/c1-3-4-5-6-7-9-12(14-2)13-10-8-11-15-13/h3,12-14H,1,4-11H2,2H3. The summed E-state index contributed by atoms with van der Waals surface area (Å²) in [6.07, 6.45) is 11.3. The van der Waals surface area contributed by atoms with E-state index in [9.17, 15) is 0 Å². The highest BCUT2D eigenvalue weighted by atomic mass is 16.5. The lowest BCUT2D eigenvalue weighted by Crippen LogP contribution is -2.37. The minimum atomic E-state index is 0.467. The molecule has 88 valence electrons. The van der Waals surface area contributed by atoms with Crippen LogP contribution in [-0.2, 0) is 4.74 Å². The molecule has 1 rings (SSSR count). The maximum absolute atomic E-state index is 5.71. The Morgan fingerprint density at radius 2 is 2.33 bits per heavy atom. The second kappa shape index (κ2) is 7.89. The number of hydrogen-bond donors (Lipinski definition) is 1. The molecule has 0 aromatic carbocycles. The van der Waals surface area contributed by atoms with Crippen LogP contribution < -0.4 is 5.32 Å². The fourth-order valence-electron chi connectivity index (χ4n) is 2.27. The average molecular weight is 211 g/mol. The van der Waals surface area contributed by atoms with Crippen molar-refractivity contribution >= 4 is 0 Å². The van der Waals surface area contributed by atoms with E-state index >= 15 is 0 Å². The number of rotatable bonds is 8. The normalized spacial score (nSPS) is 22.9. The maximum Gasteiger partial charge on any atom is 0.0728 e. The van der Waals surface area contributed by atoms with Gasteiger partial charge in [-0.05, 0) is 39.2 Å². The van der Waals surface area contributed by atoms with Crippen LogP contribution in [0.2, 0.25) is 0 Å². The van der Waals surface area contributed by atoms with Gasteiger partial charge in [0.1, 0.15) is 0 Å². The third kappa shape index (κ3) is 4.80. The molecular formula is C13H25NO. The van der Waals surface area contributed by atoms with Gasteiger partial charge in [0.05, 0.1) is 6.10 Å². The molecule has 1 aliphatic heterocycles. The number of nitrogens with one attached hydrogen (secondary N) is 1. The van der Waals surface area contributed by atoms with Crippen LogP contribution in [0.4, 0.5) is 0 Å². The first-order chi connectivity index (χ1) is 7.38. The molecule has 2 unspecified atom stereocenters. The second-order valence-corrected chi connectivity index (χ2v) is 4.37. The molecule has 1 N–H and O–H groups in total. The monoisotopic (exact) mass is 211 g/mol. The van der Waals surface area contributed by atoms with Crippen LogP contribution in [0.3, 0.4) is 0 Å². The summed E-state index contributed by atoms with van der Waals surface area (Å²) in [5.41, 5.74) is 0. The maximum atomic E-state index is 5.71. The zero-order chi connectivity index (χ0) is 10.9. The number of allylic oxidation sites excluding steroid dienone is 1. The Labute approximate surface area is 94.1 Å². The van der Waals surface area contributed by atoms with E-state index in [0.717, 1.165) is 13.0 Å². The van der Waals surface area contributed by atoms with Crippen LogP contribution in [0.5, 0.6) is 0 Å². The van der Waals surface area contributed by atoms with Gasteiger partial charge in [0.25, 0.3) is 0 Å². The van der Waals surface area contributed by atoms with Gasteiger partial charge in [-0.25, -0.2) is 0 Å². The topological polar surface area (TPSA) is 21.3 Å². The molecule has 15 heavy (non-hydrogen) atoms. The van der Waals surface area contributed by atoms with Gasteiger partial charge in [-0.1, -0.05) is 18.9 Å². The zero-order valence-corrected chi connectivity index (χ0v) is 10.0. The molecular weight excluding hydrogens is 186 g/mol. The van der Waals surface area contributed by atoms with Crippen molar-refractivity contribution in [1.82, 2.24) is 5.32 Å². The molecule has 1 heterocycles. The third-order valence-electron chi connectivity index (χ3n) is 3.21. The van der Waals surface area contributed by atoms with Gasteiger partial charge < -0.3 is 10.1 Å². The van der Waals surface area contributed by atoms with Crippen molar-refractivity contribution in [1.29, 1.82) is 0 Å². The third-order valence-corrected chi connectivity index (χ3v) is 3.21. The van der Waals surface area contributed by atoms with Crippen molar-refractivity contribution in [3.05, 3.63) is 12.7 Å². The van der Waals surface area contributed by atoms with Crippen LogP contribution in [0.1, 0.15) is 44.9 Å². The predicted molar refractivity (Wildman–Crippen MR) is 65.1 cm³/mol. The van der Waals surface area contributed by atoms with Crippen LogP contribution >= 0.6 is 0 Å². The highest BCUT2D eigenvalue weighted by Gasteiger charge is 2.23. The van der Waals surface area contributed by atoms with Crippen LogP contribution in [0.25, 0.3) is 0 Å². The summed E-state index contributed by atoms with van der Waals surface area (Å²) in [5, 5.41) is 3.39. The SMILES string of the molecule is C=CCCCCCC(NC)C1CCCO1. The van der Waals surface area contributed by atoms with Gasteiger partial charge in [0.15, 0.2) is 0 Å². The molecule has 0 spiro atoms. The first-order valence-corrected chi connectivity index (χ1v) is 6.28. The number of ether oxygens (including phenoxy) is 1. The number of likely N-dealkylation sites (N-methyl/N-ethyl adjacent to an activating group) is 1. The molecule has 0 bridgehead atoms. The van der Waals surface area contributed by atoms with E-state index in [4.69, 9.17) is 4.74 Å². The zero-order valence-electron chi connectivity index (χ0n) is 10.0. The summed E-state index contributed by atoms with van der Waals surface area (Å²) in [6, 6.07) is 0.566. The van der Waals surface area contributed by atoms with Gasteiger partial charge in [0, 0.05) is 12.6 Å². The second-order valence-electron chi connectivity index (χ2n) is 4.37. The summed E-state index contributed by atoms with van der Waals surface area (Å²) >= 11 is 0. The first kappa shape index (κ1) is 12.7. The van der Waals surface area contributed by atoms with Gasteiger partial charge in [-0.15, -0.1) is 6.58 Å². The fraction of sp³-hybridized carbons (Fsp3) is 0.846. The van der Waals surface area contributed by atoms with E-state index in [0.29, 0.717) is 12.1 Å². The minimum Gasteiger partial charge on any atom is -0.377 e. The Bertz CT molecular complexity index is 164. The van der Waals surface area contributed by atoms with Gasteiger partial charge >= 0.3 is 0 Å². The van der Waals surface area contributed by atoms with E-state index in [1.807, 2.05) is 6.08 Å².